The summed E-state index contributed by atoms with van der Waals surface area (Å²) < 4.78 is 7.66. The van der Waals surface area contributed by atoms with Gasteiger partial charge < -0.3 is 10.1 Å². The van der Waals surface area contributed by atoms with E-state index in [0.29, 0.717) is 6.04 Å². The van der Waals surface area contributed by atoms with Crippen molar-refractivity contribution in [2.75, 3.05) is 7.11 Å². The van der Waals surface area contributed by atoms with Crippen LogP contribution in [-0.2, 0) is 4.79 Å². The number of amides is 1. The van der Waals surface area contributed by atoms with Gasteiger partial charge in [0.2, 0.25) is 5.91 Å². The number of nitrogens with zero attached hydrogens (tertiary/aromatic N) is 2. The molecule has 1 fully saturated rings. The second-order valence-corrected chi connectivity index (χ2v) is 8.15. The molecule has 3 aromatic rings. The fourth-order valence-corrected chi connectivity index (χ4v) is 3.94. The van der Waals surface area contributed by atoms with Crippen LogP contribution in [0.25, 0.3) is 16.9 Å². The van der Waals surface area contributed by atoms with Crippen molar-refractivity contribution in [2.24, 2.45) is 0 Å². The number of aromatic nitrogens is 2. The van der Waals surface area contributed by atoms with Crippen molar-refractivity contribution in [3.63, 3.8) is 0 Å². The molecule has 28 heavy (non-hydrogen) atoms. The normalized spacial score (nSPS) is 14.5. The van der Waals surface area contributed by atoms with E-state index in [4.69, 9.17) is 4.74 Å². The van der Waals surface area contributed by atoms with Crippen LogP contribution >= 0.6 is 11.8 Å². The lowest BCUT2D eigenvalue weighted by Crippen LogP contribution is -2.32. The average molecular weight is 394 g/mol. The first-order chi connectivity index (χ1) is 13.7. The van der Waals surface area contributed by atoms with Crippen LogP contribution in [-0.4, -0.2) is 33.9 Å². The van der Waals surface area contributed by atoms with Crippen LogP contribution < -0.4 is 10.1 Å². The smallest absolute Gasteiger partial charge is 0.233 e. The number of carbonyl (C=O) groups is 1. The summed E-state index contributed by atoms with van der Waals surface area (Å²) >= 11 is 1.46. The number of methoxy groups -OCH3 is 1. The first-order valence-electron chi connectivity index (χ1n) is 9.41. The van der Waals surface area contributed by atoms with Crippen LogP contribution in [0.15, 0.2) is 66.0 Å². The van der Waals surface area contributed by atoms with Crippen molar-refractivity contribution in [3.05, 3.63) is 60.8 Å². The summed E-state index contributed by atoms with van der Waals surface area (Å²) in [5, 5.41) is 3.60. The minimum Gasteiger partial charge on any atom is -0.495 e. The number of rotatable bonds is 7. The van der Waals surface area contributed by atoms with Crippen LogP contribution in [0.5, 0.6) is 5.75 Å². The Morgan fingerprint density at radius 3 is 2.61 bits per heavy atom. The molecule has 4 rings (SSSR count). The largest absolute Gasteiger partial charge is 0.495 e. The summed E-state index contributed by atoms with van der Waals surface area (Å²) in [5.41, 5.74) is 2.92. The van der Waals surface area contributed by atoms with E-state index in [1.165, 1.54) is 11.8 Å². The summed E-state index contributed by atoms with van der Waals surface area (Å²) in [6.07, 6.45) is 4.02. The number of nitrogens with one attached hydrogen (secondary N) is 1. The molecular weight excluding hydrogens is 370 g/mol. The van der Waals surface area contributed by atoms with E-state index < -0.39 is 0 Å². The van der Waals surface area contributed by atoms with Crippen molar-refractivity contribution < 1.29 is 9.53 Å². The second-order valence-electron chi connectivity index (χ2n) is 6.84. The molecule has 0 radical (unpaired) electrons. The maximum atomic E-state index is 12.5. The maximum Gasteiger partial charge on any atom is 0.233 e. The number of thioether (sulfide) groups is 1. The van der Waals surface area contributed by atoms with Gasteiger partial charge in [-0.05, 0) is 31.9 Å². The minimum absolute atomic E-state index is 0.0586. The molecule has 1 aromatic heterocycles. The van der Waals surface area contributed by atoms with Gasteiger partial charge in [-0.2, -0.15) is 0 Å². The van der Waals surface area contributed by atoms with Gasteiger partial charge in [-0.15, -0.1) is 0 Å². The van der Waals surface area contributed by atoms with Crippen molar-refractivity contribution in [1.29, 1.82) is 0 Å². The van der Waals surface area contributed by atoms with Crippen LogP contribution in [0.3, 0.4) is 0 Å². The zero-order valence-corrected chi connectivity index (χ0v) is 16.8. The SMILES string of the molecule is COc1ccccc1-n1c(-c2ccccc2)cnc1S[C@@H](C)C(=O)NC1CC1. The number of ether oxygens (including phenoxy) is 1. The van der Waals surface area contributed by atoms with Crippen molar-refractivity contribution in [3.8, 4) is 22.7 Å². The number of carbonyl (C=O) groups excluding carboxylic acids is 1. The van der Waals surface area contributed by atoms with E-state index in [-0.39, 0.29) is 11.2 Å². The van der Waals surface area contributed by atoms with E-state index in [1.54, 1.807) is 7.11 Å². The third-order valence-corrected chi connectivity index (χ3v) is 5.77. The Hall–Kier alpha value is -2.73. The topological polar surface area (TPSA) is 56.2 Å². The Morgan fingerprint density at radius 1 is 1.18 bits per heavy atom. The van der Waals surface area contributed by atoms with Crippen LogP contribution in [0.4, 0.5) is 0 Å². The molecule has 0 spiro atoms. The highest BCUT2D eigenvalue weighted by Crippen LogP contribution is 2.35. The molecule has 1 aliphatic carbocycles. The number of imidazole rings is 1. The first kappa shape index (κ1) is 18.6. The first-order valence-corrected chi connectivity index (χ1v) is 10.3. The predicted octanol–water partition coefficient (Wildman–Crippen LogP) is 4.31. The Bertz CT molecular complexity index is 967. The third kappa shape index (κ3) is 3.92. The van der Waals surface area contributed by atoms with Gasteiger partial charge in [0.25, 0.3) is 0 Å². The van der Waals surface area contributed by atoms with Gasteiger partial charge in [0, 0.05) is 11.6 Å². The van der Waals surface area contributed by atoms with E-state index >= 15 is 0 Å². The molecule has 0 saturated heterocycles. The lowest BCUT2D eigenvalue weighted by Gasteiger charge is -2.17. The van der Waals surface area contributed by atoms with Gasteiger partial charge in [0.15, 0.2) is 5.16 Å². The Balaban J connectivity index is 1.74. The number of hydrogen-bond donors (Lipinski definition) is 1. The van der Waals surface area contributed by atoms with Gasteiger partial charge in [-0.1, -0.05) is 54.2 Å². The highest BCUT2D eigenvalue weighted by atomic mass is 32.2. The standard InChI is InChI=1S/C22H23N3O2S/c1-15(21(26)24-17-12-13-17)28-22-23-14-19(16-8-4-3-5-9-16)25(22)18-10-6-7-11-20(18)27-2/h3-11,14-15,17H,12-13H2,1-2H3,(H,24,26)/t15-/m0/s1. The highest BCUT2D eigenvalue weighted by molar-refractivity contribution is 8.00. The maximum absolute atomic E-state index is 12.5. The Labute approximate surface area is 169 Å². The fourth-order valence-electron chi connectivity index (χ4n) is 3.04. The van der Waals surface area contributed by atoms with Crippen molar-refractivity contribution in [1.82, 2.24) is 14.9 Å². The monoisotopic (exact) mass is 393 g/mol. The number of para-hydroxylation sites is 2. The second kappa shape index (κ2) is 8.10. The molecule has 1 N–H and O–H groups in total. The molecule has 0 bridgehead atoms. The summed E-state index contributed by atoms with van der Waals surface area (Å²) in [6, 6.07) is 18.3. The molecule has 1 amide bonds. The van der Waals surface area contributed by atoms with E-state index in [2.05, 4.69) is 27.0 Å². The molecule has 1 saturated carbocycles. The minimum atomic E-state index is -0.236. The summed E-state index contributed by atoms with van der Waals surface area (Å²) in [7, 11) is 1.66. The zero-order chi connectivity index (χ0) is 19.5. The molecule has 5 nitrogen and oxygen atoms in total. The molecule has 1 heterocycles. The highest BCUT2D eigenvalue weighted by Gasteiger charge is 2.27. The van der Waals surface area contributed by atoms with Gasteiger partial charge in [-0.25, -0.2) is 4.98 Å². The molecule has 144 valence electrons. The molecule has 0 unspecified atom stereocenters. The molecule has 2 aromatic carbocycles. The van der Waals surface area contributed by atoms with Crippen LogP contribution in [0, 0.1) is 0 Å². The molecule has 1 aliphatic rings. The van der Waals surface area contributed by atoms with Crippen molar-refractivity contribution in [2.45, 2.75) is 36.2 Å². The van der Waals surface area contributed by atoms with Gasteiger partial charge in [-0.3, -0.25) is 9.36 Å². The summed E-state index contributed by atoms with van der Waals surface area (Å²) in [5.74, 6) is 0.818. The fraction of sp³-hybridized carbons (Fsp3) is 0.273. The summed E-state index contributed by atoms with van der Waals surface area (Å²) in [4.78, 5) is 17.1. The zero-order valence-electron chi connectivity index (χ0n) is 16.0. The average Bonchev–Trinajstić information content (AvgIpc) is 3.45. The van der Waals surface area contributed by atoms with Crippen LogP contribution in [0.2, 0.25) is 0 Å². The van der Waals surface area contributed by atoms with Crippen molar-refractivity contribution >= 4 is 17.7 Å². The lowest BCUT2D eigenvalue weighted by molar-refractivity contribution is -0.120. The molecule has 1 atom stereocenters. The van der Waals surface area contributed by atoms with Gasteiger partial charge >= 0.3 is 0 Å². The Morgan fingerprint density at radius 2 is 1.89 bits per heavy atom. The predicted molar refractivity (Wildman–Crippen MR) is 112 cm³/mol. The Kier molecular flexibility index (Phi) is 5.39. The molecular formula is C22H23N3O2S. The van der Waals surface area contributed by atoms with Gasteiger partial charge in [0.05, 0.1) is 29.9 Å². The third-order valence-electron chi connectivity index (χ3n) is 4.70. The summed E-state index contributed by atoms with van der Waals surface area (Å²) in [6.45, 7) is 1.92. The van der Waals surface area contributed by atoms with Gasteiger partial charge in [0.1, 0.15) is 5.75 Å². The van der Waals surface area contributed by atoms with E-state index in [0.717, 1.165) is 40.7 Å². The van der Waals surface area contributed by atoms with E-state index in [9.17, 15) is 4.79 Å². The quantitative estimate of drug-likeness (QED) is 0.608. The molecule has 6 heteroatoms. The molecule has 0 aliphatic heterocycles. The number of benzene rings is 2. The van der Waals surface area contributed by atoms with Crippen LogP contribution in [0.1, 0.15) is 19.8 Å². The van der Waals surface area contributed by atoms with E-state index in [1.807, 2.05) is 55.6 Å². The number of hydrogen-bond acceptors (Lipinski definition) is 4. The lowest BCUT2D eigenvalue weighted by atomic mass is 10.1.